The molecule has 1 aromatic carbocycles. The zero-order chi connectivity index (χ0) is 13.5. The van der Waals surface area contributed by atoms with Gasteiger partial charge in [0.05, 0.1) is 6.61 Å². The van der Waals surface area contributed by atoms with E-state index in [9.17, 15) is 0 Å². The SMILES string of the molecule is CCCNC1CCC(Oc2cccc(COC)c2)C1. The van der Waals surface area contributed by atoms with Crippen molar-refractivity contribution in [2.24, 2.45) is 0 Å². The van der Waals surface area contributed by atoms with Crippen LogP contribution in [-0.4, -0.2) is 25.8 Å². The summed E-state index contributed by atoms with van der Waals surface area (Å²) in [5.41, 5.74) is 1.17. The Hall–Kier alpha value is -1.06. The fourth-order valence-electron chi connectivity index (χ4n) is 2.65. The van der Waals surface area contributed by atoms with Gasteiger partial charge in [-0.25, -0.2) is 0 Å². The third kappa shape index (κ3) is 4.51. The van der Waals surface area contributed by atoms with Crippen LogP contribution in [-0.2, 0) is 11.3 Å². The van der Waals surface area contributed by atoms with Crippen LogP contribution >= 0.6 is 0 Å². The van der Waals surface area contributed by atoms with E-state index in [0.29, 0.717) is 18.8 Å². The summed E-state index contributed by atoms with van der Waals surface area (Å²) in [7, 11) is 1.72. The molecule has 0 aromatic heterocycles. The van der Waals surface area contributed by atoms with Crippen LogP contribution in [0.5, 0.6) is 5.75 Å². The molecule has 0 spiro atoms. The Bertz CT molecular complexity index is 381. The minimum atomic E-state index is 0.354. The van der Waals surface area contributed by atoms with Gasteiger partial charge < -0.3 is 14.8 Å². The summed E-state index contributed by atoms with van der Waals surface area (Å²) in [6, 6.07) is 8.84. The van der Waals surface area contributed by atoms with Gasteiger partial charge >= 0.3 is 0 Å². The van der Waals surface area contributed by atoms with Crippen molar-refractivity contribution in [3.63, 3.8) is 0 Å². The molecular weight excluding hydrogens is 238 g/mol. The maximum atomic E-state index is 6.08. The van der Waals surface area contributed by atoms with Crippen molar-refractivity contribution >= 4 is 0 Å². The Labute approximate surface area is 116 Å². The molecule has 2 atom stereocenters. The fraction of sp³-hybridized carbons (Fsp3) is 0.625. The topological polar surface area (TPSA) is 30.5 Å². The molecule has 0 radical (unpaired) electrons. The van der Waals surface area contributed by atoms with Gasteiger partial charge in [0.15, 0.2) is 0 Å². The van der Waals surface area contributed by atoms with Gasteiger partial charge in [0, 0.05) is 13.2 Å². The first-order chi connectivity index (χ1) is 9.31. The molecule has 2 rings (SSSR count). The van der Waals surface area contributed by atoms with Crippen LogP contribution in [0, 0.1) is 0 Å². The number of hydrogen-bond donors (Lipinski definition) is 1. The van der Waals surface area contributed by atoms with Crippen molar-refractivity contribution < 1.29 is 9.47 Å². The summed E-state index contributed by atoms with van der Waals surface area (Å²) in [5.74, 6) is 0.968. The molecule has 0 heterocycles. The van der Waals surface area contributed by atoms with Crippen LogP contribution in [0.3, 0.4) is 0 Å². The van der Waals surface area contributed by atoms with Crippen LogP contribution in [0.15, 0.2) is 24.3 Å². The quantitative estimate of drug-likeness (QED) is 0.820. The number of rotatable bonds is 7. The van der Waals surface area contributed by atoms with Crippen LogP contribution in [0.1, 0.15) is 38.2 Å². The van der Waals surface area contributed by atoms with Gasteiger partial charge in [-0.1, -0.05) is 19.1 Å². The number of benzene rings is 1. The molecule has 1 aliphatic rings. The second-order valence-electron chi connectivity index (χ2n) is 5.28. The molecule has 19 heavy (non-hydrogen) atoms. The molecule has 0 aliphatic heterocycles. The molecule has 3 nitrogen and oxygen atoms in total. The number of ether oxygens (including phenoxy) is 2. The zero-order valence-electron chi connectivity index (χ0n) is 12.0. The molecule has 3 heteroatoms. The Morgan fingerprint density at radius 1 is 1.32 bits per heavy atom. The van der Waals surface area contributed by atoms with Gasteiger partial charge in [-0.3, -0.25) is 0 Å². The molecule has 2 unspecified atom stereocenters. The summed E-state index contributed by atoms with van der Waals surface area (Å²) in [4.78, 5) is 0. The van der Waals surface area contributed by atoms with E-state index < -0.39 is 0 Å². The zero-order valence-corrected chi connectivity index (χ0v) is 12.0. The van der Waals surface area contributed by atoms with Gasteiger partial charge in [0.1, 0.15) is 11.9 Å². The Kier molecular flexibility index (Phi) is 5.67. The maximum Gasteiger partial charge on any atom is 0.120 e. The minimum Gasteiger partial charge on any atom is -0.490 e. The van der Waals surface area contributed by atoms with E-state index >= 15 is 0 Å². The molecule has 1 fully saturated rings. The smallest absolute Gasteiger partial charge is 0.120 e. The van der Waals surface area contributed by atoms with Crippen molar-refractivity contribution in [3.8, 4) is 5.75 Å². The van der Waals surface area contributed by atoms with E-state index in [2.05, 4.69) is 24.4 Å². The Balaban J connectivity index is 1.83. The van der Waals surface area contributed by atoms with Gasteiger partial charge in [0.2, 0.25) is 0 Å². The van der Waals surface area contributed by atoms with Gasteiger partial charge in [-0.15, -0.1) is 0 Å². The highest BCUT2D eigenvalue weighted by atomic mass is 16.5. The molecule has 106 valence electrons. The van der Waals surface area contributed by atoms with E-state index in [0.717, 1.165) is 25.1 Å². The molecule has 0 bridgehead atoms. The van der Waals surface area contributed by atoms with Crippen molar-refractivity contribution in [2.45, 2.75) is 51.4 Å². The highest BCUT2D eigenvalue weighted by Gasteiger charge is 2.25. The van der Waals surface area contributed by atoms with Crippen LogP contribution in [0.25, 0.3) is 0 Å². The second kappa shape index (κ2) is 7.51. The standard InChI is InChI=1S/C16H25NO2/c1-3-9-17-14-7-8-16(11-14)19-15-6-4-5-13(10-15)12-18-2/h4-6,10,14,16-17H,3,7-9,11-12H2,1-2H3. The van der Waals surface area contributed by atoms with E-state index in [1.807, 2.05) is 12.1 Å². The molecule has 0 saturated heterocycles. The van der Waals surface area contributed by atoms with E-state index in [1.165, 1.54) is 18.4 Å². The van der Waals surface area contributed by atoms with Gasteiger partial charge in [0.25, 0.3) is 0 Å². The minimum absolute atomic E-state index is 0.354. The molecule has 1 aromatic rings. The average Bonchev–Trinajstić information content (AvgIpc) is 2.85. The summed E-state index contributed by atoms with van der Waals surface area (Å²) in [6.07, 6.45) is 5.04. The van der Waals surface area contributed by atoms with Crippen molar-refractivity contribution in [1.29, 1.82) is 0 Å². The lowest BCUT2D eigenvalue weighted by molar-refractivity contribution is 0.182. The molecule has 1 N–H and O–H groups in total. The first-order valence-electron chi connectivity index (χ1n) is 7.29. The van der Waals surface area contributed by atoms with Crippen molar-refractivity contribution in [3.05, 3.63) is 29.8 Å². The lowest BCUT2D eigenvalue weighted by Gasteiger charge is -2.15. The third-order valence-corrected chi connectivity index (χ3v) is 3.58. The summed E-state index contributed by atoms with van der Waals surface area (Å²) in [6.45, 7) is 3.96. The average molecular weight is 263 g/mol. The van der Waals surface area contributed by atoms with Crippen LogP contribution in [0.4, 0.5) is 0 Å². The van der Waals surface area contributed by atoms with Crippen LogP contribution in [0.2, 0.25) is 0 Å². The second-order valence-corrected chi connectivity index (χ2v) is 5.28. The highest BCUT2D eigenvalue weighted by Crippen LogP contribution is 2.25. The number of methoxy groups -OCH3 is 1. The summed E-state index contributed by atoms with van der Waals surface area (Å²) < 4.78 is 11.2. The summed E-state index contributed by atoms with van der Waals surface area (Å²) >= 11 is 0. The Morgan fingerprint density at radius 3 is 3.00 bits per heavy atom. The largest absolute Gasteiger partial charge is 0.490 e. The van der Waals surface area contributed by atoms with E-state index in [4.69, 9.17) is 9.47 Å². The third-order valence-electron chi connectivity index (χ3n) is 3.58. The monoisotopic (exact) mass is 263 g/mol. The van der Waals surface area contributed by atoms with E-state index in [-0.39, 0.29) is 0 Å². The van der Waals surface area contributed by atoms with E-state index in [1.54, 1.807) is 7.11 Å². The first-order valence-corrected chi connectivity index (χ1v) is 7.29. The molecule has 1 saturated carbocycles. The first kappa shape index (κ1) is 14.4. The Morgan fingerprint density at radius 2 is 2.21 bits per heavy atom. The van der Waals surface area contributed by atoms with Crippen molar-refractivity contribution in [1.82, 2.24) is 5.32 Å². The van der Waals surface area contributed by atoms with Gasteiger partial charge in [-0.05, 0) is 49.9 Å². The fourth-order valence-corrected chi connectivity index (χ4v) is 2.65. The number of nitrogens with one attached hydrogen (secondary N) is 1. The predicted octanol–water partition coefficient (Wildman–Crippen LogP) is 3.13. The van der Waals surface area contributed by atoms with Gasteiger partial charge in [-0.2, -0.15) is 0 Å². The maximum absolute atomic E-state index is 6.08. The van der Waals surface area contributed by atoms with Crippen molar-refractivity contribution in [2.75, 3.05) is 13.7 Å². The van der Waals surface area contributed by atoms with Crippen LogP contribution < -0.4 is 10.1 Å². The lowest BCUT2D eigenvalue weighted by Crippen LogP contribution is -2.28. The predicted molar refractivity (Wildman–Crippen MR) is 77.5 cm³/mol. The molecule has 0 amide bonds. The lowest BCUT2D eigenvalue weighted by atomic mass is 10.2. The normalized spacial score (nSPS) is 22.6. The number of hydrogen-bond acceptors (Lipinski definition) is 3. The summed E-state index contributed by atoms with van der Waals surface area (Å²) in [5, 5.41) is 3.58. The molecular formula is C16H25NO2. The molecule has 1 aliphatic carbocycles. The highest BCUT2D eigenvalue weighted by molar-refractivity contribution is 5.28.